The maximum absolute atomic E-state index is 2.45. The van der Waals surface area contributed by atoms with Crippen LogP contribution >= 0.6 is 0 Å². The molecule has 0 N–H and O–H groups in total. The van der Waals surface area contributed by atoms with Crippen LogP contribution < -0.4 is 4.90 Å². The predicted octanol–water partition coefficient (Wildman–Crippen LogP) is 12.6. The average molecular weight is 604 g/mol. The summed E-state index contributed by atoms with van der Waals surface area (Å²) in [6, 6.07) is 56.2. The Balaban J connectivity index is 1.20. The first-order chi connectivity index (χ1) is 22.8. The lowest BCUT2D eigenvalue weighted by atomic mass is 9.79. The SMILES string of the molecule is CC1(C)c2ccccc2-c2ccc(N(c3ccc(-c4cccc5c4C(C)(C)c4ccccc4-5)cc3)c3cccc4ccccc34)cc21. The monoisotopic (exact) mass is 603 g/mol. The van der Waals surface area contributed by atoms with Gasteiger partial charge in [-0.05, 0) is 91.4 Å². The Kier molecular flexibility index (Phi) is 5.96. The van der Waals surface area contributed by atoms with Gasteiger partial charge in [-0.25, -0.2) is 0 Å². The van der Waals surface area contributed by atoms with E-state index in [2.05, 4.69) is 184 Å². The smallest absolute Gasteiger partial charge is 0.0540 e. The first-order valence-corrected chi connectivity index (χ1v) is 16.7. The van der Waals surface area contributed by atoms with Crippen LogP contribution in [0.1, 0.15) is 49.9 Å². The van der Waals surface area contributed by atoms with Crippen molar-refractivity contribution < 1.29 is 0 Å². The van der Waals surface area contributed by atoms with Crippen molar-refractivity contribution in [2.45, 2.75) is 38.5 Å². The molecule has 47 heavy (non-hydrogen) atoms. The van der Waals surface area contributed by atoms with Gasteiger partial charge in [0.05, 0.1) is 5.69 Å². The van der Waals surface area contributed by atoms with Gasteiger partial charge >= 0.3 is 0 Å². The molecule has 1 nitrogen and oxygen atoms in total. The molecule has 0 unspecified atom stereocenters. The molecule has 0 saturated heterocycles. The second-order valence-electron chi connectivity index (χ2n) is 14.2. The molecule has 0 radical (unpaired) electrons. The van der Waals surface area contributed by atoms with Crippen molar-refractivity contribution in [1.82, 2.24) is 0 Å². The number of nitrogens with zero attached hydrogens (tertiary/aromatic N) is 1. The van der Waals surface area contributed by atoms with E-state index < -0.39 is 0 Å². The quantitative estimate of drug-likeness (QED) is 0.193. The minimum absolute atomic E-state index is 0.0645. The van der Waals surface area contributed by atoms with Gasteiger partial charge in [0, 0.05) is 27.6 Å². The second-order valence-corrected chi connectivity index (χ2v) is 14.2. The standard InChI is InChI=1S/C46H37N/c1-45(2)40-20-9-7-16-36(40)38-28-27-33(29-42(38)45)47(43-22-11-14-30-13-5-6-15-34(30)43)32-25-23-31(24-26-32)35-18-12-19-39-37-17-8-10-21-41(37)46(3,4)44(35)39/h5-29H,1-4H3. The van der Waals surface area contributed by atoms with E-state index in [-0.39, 0.29) is 10.8 Å². The molecule has 0 heterocycles. The van der Waals surface area contributed by atoms with Crippen LogP contribution in [0.4, 0.5) is 17.1 Å². The van der Waals surface area contributed by atoms with Crippen molar-refractivity contribution in [2.24, 2.45) is 0 Å². The largest absolute Gasteiger partial charge is 0.310 e. The van der Waals surface area contributed by atoms with Crippen molar-refractivity contribution in [1.29, 1.82) is 0 Å². The average Bonchev–Trinajstić information content (AvgIpc) is 3.49. The summed E-state index contributed by atoms with van der Waals surface area (Å²) < 4.78 is 0. The summed E-state index contributed by atoms with van der Waals surface area (Å²) >= 11 is 0. The highest BCUT2D eigenvalue weighted by atomic mass is 15.1. The van der Waals surface area contributed by atoms with Crippen molar-refractivity contribution in [3.63, 3.8) is 0 Å². The normalized spacial score (nSPS) is 14.7. The fraction of sp³-hybridized carbons (Fsp3) is 0.130. The molecule has 7 aromatic carbocycles. The number of hydrogen-bond donors (Lipinski definition) is 0. The molecule has 7 aromatic rings. The molecule has 0 aromatic heterocycles. The van der Waals surface area contributed by atoms with E-state index in [1.807, 2.05) is 0 Å². The Labute approximate surface area is 277 Å². The molecule has 0 atom stereocenters. The van der Waals surface area contributed by atoms with Crippen LogP contribution in [0.3, 0.4) is 0 Å². The molecule has 0 fully saturated rings. The van der Waals surface area contributed by atoms with Crippen LogP contribution in [0, 0.1) is 0 Å². The van der Waals surface area contributed by atoms with E-state index in [1.54, 1.807) is 0 Å². The third-order valence-electron chi connectivity index (χ3n) is 10.8. The van der Waals surface area contributed by atoms with Gasteiger partial charge in [-0.1, -0.05) is 149 Å². The summed E-state index contributed by atoms with van der Waals surface area (Å²) in [5.41, 5.74) is 16.9. The second kappa shape index (κ2) is 10.0. The maximum atomic E-state index is 2.45. The molecule has 1 heteroatoms. The highest BCUT2D eigenvalue weighted by Crippen LogP contribution is 2.53. The predicted molar refractivity (Wildman–Crippen MR) is 199 cm³/mol. The van der Waals surface area contributed by atoms with Gasteiger partial charge in [0.25, 0.3) is 0 Å². The number of anilines is 3. The Morgan fingerprint density at radius 1 is 0.404 bits per heavy atom. The zero-order valence-electron chi connectivity index (χ0n) is 27.4. The molecule has 0 amide bonds. The number of hydrogen-bond acceptors (Lipinski definition) is 1. The zero-order chi connectivity index (χ0) is 31.9. The van der Waals surface area contributed by atoms with Crippen molar-refractivity contribution in [2.75, 3.05) is 4.90 Å². The van der Waals surface area contributed by atoms with Crippen molar-refractivity contribution >= 4 is 27.8 Å². The van der Waals surface area contributed by atoms with E-state index >= 15 is 0 Å². The summed E-state index contributed by atoms with van der Waals surface area (Å²) in [5, 5.41) is 2.48. The first kappa shape index (κ1) is 27.9. The molecule has 0 saturated carbocycles. The third-order valence-corrected chi connectivity index (χ3v) is 10.8. The Morgan fingerprint density at radius 2 is 0.957 bits per heavy atom. The van der Waals surface area contributed by atoms with E-state index in [0.29, 0.717) is 0 Å². The molecule has 2 aliphatic rings. The number of benzene rings is 7. The summed E-state index contributed by atoms with van der Waals surface area (Å²) in [7, 11) is 0. The molecule has 0 aliphatic heterocycles. The van der Waals surface area contributed by atoms with Gasteiger partial charge in [-0.15, -0.1) is 0 Å². The Bertz CT molecular complexity index is 2350. The van der Waals surface area contributed by atoms with E-state index in [9.17, 15) is 0 Å². The summed E-state index contributed by atoms with van der Waals surface area (Å²) in [6.07, 6.45) is 0. The molecular formula is C46H37N. The molecule has 0 bridgehead atoms. The topological polar surface area (TPSA) is 3.24 Å². The summed E-state index contributed by atoms with van der Waals surface area (Å²) in [6.45, 7) is 9.45. The van der Waals surface area contributed by atoms with Crippen molar-refractivity contribution in [3.05, 3.63) is 174 Å². The van der Waals surface area contributed by atoms with Gasteiger partial charge < -0.3 is 4.90 Å². The van der Waals surface area contributed by atoms with E-state index in [0.717, 1.165) is 5.69 Å². The van der Waals surface area contributed by atoms with Crippen LogP contribution in [-0.4, -0.2) is 0 Å². The van der Waals surface area contributed by atoms with E-state index in [1.165, 1.54) is 77.8 Å². The van der Waals surface area contributed by atoms with Gasteiger partial charge in [0.2, 0.25) is 0 Å². The fourth-order valence-corrected chi connectivity index (χ4v) is 8.54. The highest BCUT2D eigenvalue weighted by molar-refractivity contribution is 5.99. The minimum atomic E-state index is -0.0751. The molecule has 0 spiro atoms. The molecule has 2 aliphatic carbocycles. The van der Waals surface area contributed by atoms with Crippen molar-refractivity contribution in [3.8, 4) is 33.4 Å². The first-order valence-electron chi connectivity index (χ1n) is 16.7. The lowest BCUT2D eigenvalue weighted by Crippen LogP contribution is -2.17. The lowest BCUT2D eigenvalue weighted by molar-refractivity contribution is 0.660. The maximum Gasteiger partial charge on any atom is 0.0540 e. The Hall–Kier alpha value is -5.40. The van der Waals surface area contributed by atoms with Crippen LogP contribution in [0.25, 0.3) is 44.2 Å². The Morgan fingerprint density at radius 3 is 1.74 bits per heavy atom. The molecule has 9 rings (SSSR count). The summed E-state index contributed by atoms with van der Waals surface area (Å²) in [5.74, 6) is 0. The third kappa shape index (κ3) is 4.02. The van der Waals surface area contributed by atoms with Crippen LogP contribution in [-0.2, 0) is 10.8 Å². The van der Waals surface area contributed by atoms with Gasteiger partial charge in [-0.2, -0.15) is 0 Å². The highest BCUT2D eigenvalue weighted by Gasteiger charge is 2.38. The van der Waals surface area contributed by atoms with Crippen LogP contribution in [0.15, 0.2) is 152 Å². The molecule has 226 valence electrons. The summed E-state index contributed by atoms with van der Waals surface area (Å²) in [4.78, 5) is 2.45. The number of rotatable bonds is 4. The molecular weight excluding hydrogens is 567 g/mol. The lowest BCUT2D eigenvalue weighted by Gasteiger charge is -2.29. The zero-order valence-corrected chi connectivity index (χ0v) is 27.4. The van der Waals surface area contributed by atoms with Crippen LogP contribution in [0.2, 0.25) is 0 Å². The van der Waals surface area contributed by atoms with Gasteiger partial charge in [-0.3, -0.25) is 0 Å². The van der Waals surface area contributed by atoms with Gasteiger partial charge in [0.1, 0.15) is 0 Å². The number of fused-ring (bicyclic) bond motifs is 7. The van der Waals surface area contributed by atoms with E-state index in [4.69, 9.17) is 0 Å². The fourth-order valence-electron chi connectivity index (χ4n) is 8.54. The van der Waals surface area contributed by atoms with Crippen LogP contribution in [0.5, 0.6) is 0 Å². The van der Waals surface area contributed by atoms with Gasteiger partial charge in [0.15, 0.2) is 0 Å². The minimum Gasteiger partial charge on any atom is -0.310 e.